The van der Waals surface area contributed by atoms with Crippen LogP contribution in [0.25, 0.3) is 11.0 Å². The van der Waals surface area contributed by atoms with Crippen molar-refractivity contribution in [2.75, 3.05) is 0 Å². The monoisotopic (exact) mass is 416 g/mol. The first-order chi connectivity index (χ1) is 13.9. The number of carbonyl (C=O) groups is 1. The second kappa shape index (κ2) is 8.78. The second-order valence-electron chi connectivity index (χ2n) is 7.02. The van der Waals surface area contributed by atoms with Crippen LogP contribution in [0.5, 0.6) is 0 Å². The Morgan fingerprint density at radius 3 is 2.83 bits per heavy atom. The summed E-state index contributed by atoms with van der Waals surface area (Å²) in [5, 5.41) is 7.76. The van der Waals surface area contributed by atoms with E-state index in [1.54, 1.807) is 6.92 Å². The van der Waals surface area contributed by atoms with Crippen LogP contribution in [0.3, 0.4) is 0 Å². The normalized spacial score (nSPS) is 17.9. The van der Waals surface area contributed by atoms with Crippen LogP contribution >= 0.6 is 11.6 Å². The number of carbonyl (C=O) groups excluding carboxylic acids is 1. The third-order valence-electron chi connectivity index (χ3n) is 5.25. The number of amidine groups is 2. The number of imidazole rings is 1. The van der Waals surface area contributed by atoms with Crippen molar-refractivity contribution in [1.82, 2.24) is 4.57 Å². The maximum absolute atomic E-state index is 12.9. The largest absolute Gasteiger partial charge is 0.449 e. The molecular formula is C21H27ClN5O2+. The number of nitrogens with zero attached hydrogens (tertiary/aromatic N) is 3. The Kier molecular flexibility index (Phi) is 6.37. The summed E-state index contributed by atoms with van der Waals surface area (Å²) in [7, 11) is 0. The van der Waals surface area contributed by atoms with Crippen molar-refractivity contribution in [3.63, 3.8) is 0 Å². The van der Waals surface area contributed by atoms with Crippen LogP contribution in [0, 0.1) is 5.41 Å². The van der Waals surface area contributed by atoms with Crippen LogP contribution < -0.4 is 10.3 Å². The number of aliphatic imine (C=N–C) groups is 1. The number of ether oxygens (including phenoxy) is 1. The van der Waals surface area contributed by atoms with Crippen LogP contribution in [0.2, 0.25) is 0 Å². The standard InChI is InChI=1S/C21H27ClN5O2/c1-4-26-15-8-6-7-9-16(15)27(5-2)17(26)12-29-21(28)18-13(3)10-11-14(22)19(23)25-20(18)24/h6-9,14H,4-5,10-12H2,1-3H3,(H3,23,24,25)/q+1. The molecule has 29 heavy (non-hydrogen) atoms. The molecule has 3 N–H and O–H groups in total. The highest BCUT2D eigenvalue weighted by molar-refractivity contribution is 6.33. The molecule has 154 valence electrons. The van der Waals surface area contributed by atoms with Crippen molar-refractivity contribution in [3.05, 3.63) is 41.2 Å². The van der Waals surface area contributed by atoms with Gasteiger partial charge in [-0.15, -0.1) is 11.6 Å². The Balaban J connectivity index is 1.90. The first-order valence-corrected chi connectivity index (χ1v) is 10.3. The van der Waals surface area contributed by atoms with E-state index in [1.165, 1.54) is 0 Å². The molecule has 0 aliphatic carbocycles. The number of para-hydroxylation sites is 2. The number of hydrogen-bond acceptors (Lipinski definition) is 4. The Labute approximate surface area is 175 Å². The molecule has 1 unspecified atom stereocenters. The van der Waals surface area contributed by atoms with Gasteiger partial charge in [0, 0.05) is 0 Å². The van der Waals surface area contributed by atoms with E-state index in [9.17, 15) is 4.79 Å². The minimum absolute atomic E-state index is 0.108. The SMILES string of the molecule is CCn1c(COC(=O)C2=C(C)CCC(Cl)C(N)=NC2=N)[n+](CC)c2ccccc21. The van der Waals surface area contributed by atoms with E-state index >= 15 is 0 Å². The molecular weight excluding hydrogens is 390 g/mol. The number of allylic oxidation sites excluding steroid dienone is 1. The van der Waals surface area contributed by atoms with E-state index in [0.717, 1.165) is 35.5 Å². The zero-order valence-corrected chi connectivity index (χ0v) is 17.8. The molecule has 8 heteroatoms. The van der Waals surface area contributed by atoms with Gasteiger partial charge in [0.05, 0.1) is 18.5 Å². The van der Waals surface area contributed by atoms with Crippen molar-refractivity contribution in [2.45, 2.75) is 58.7 Å². The smallest absolute Gasteiger partial charge is 0.342 e. The zero-order chi connectivity index (χ0) is 21.1. The summed E-state index contributed by atoms with van der Waals surface area (Å²) in [6, 6.07) is 8.13. The van der Waals surface area contributed by atoms with Gasteiger partial charge in [-0.05, 0) is 45.7 Å². The molecule has 1 atom stereocenters. The lowest BCUT2D eigenvalue weighted by molar-refractivity contribution is -0.678. The maximum atomic E-state index is 12.9. The lowest BCUT2D eigenvalue weighted by atomic mass is 10.0. The van der Waals surface area contributed by atoms with Gasteiger partial charge in [-0.25, -0.2) is 18.9 Å². The number of rotatable bonds is 5. The molecule has 0 saturated heterocycles. The minimum Gasteiger partial charge on any atom is -0.449 e. The third-order valence-corrected chi connectivity index (χ3v) is 5.70. The number of halogens is 1. The molecule has 7 nitrogen and oxygen atoms in total. The number of esters is 1. The number of nitrogens with one attached hydrogen (secondary N) is 1. The first kappa shape index (κ1) is 21.0. The Morgan fingerprint density at radius 2 is 2.14 bits per heavy atom. The average molecular weight is 417 g/mol. The van der Waals surface area contributed by atoms with Gasteiger partial charge in [0.1, 0.15) is 11.4 Å². The second-order valence-corrected chi connectivity index (χ2v) is 7.54. The van der Waals surface area contributed by atoms with Crippen molar-refractivity contribution < 1.29 is 14.1 Å². The Morgan fingerprint density at radius 1 is 1.41 bits per heavy atom. The molecule has 2 heterocycles. The molecule has 2 aromatic rings. The maximum Gasteiger partial charge on any atom is 0.342 e. The minimum atomic E-state index is -0.562. The summed E-state index contributed by atoms with van der Waals surface area (Å²) >= 11 is 6.15. The topological polar surface area (TPSA) is 97.3 Å². The van der Waals surface area contributed by atoms with Crippen LogP contribution in [0.4, 0.5) is 0 Å². The summed E-state index contributed by atoms with van der Waals surface area (Å²) in [6.07, 6.45) is 1.12. The quantitative estimate of drug-likeness (QED) is 0.445. The number of fused-ring (bicyclic) bond motifs is 1. The Bertz CT molecular complexity index is 980. The fourth-order valence-electron chi connectivity index (χ4n) is 3.75. The molecule has 3 rings (SSSR count). The molecule has 1 aromatic carbocycles. The summed E-state index contributed by atoms with van der Waals surface area (Å²) < 4.78 is 9.95. The number of alkyl halides is 1. The average Bonchev–Trinajstić information content (AvgIpc) is 3.02. The summed E-state index contributed by atoms with van der Waals surface area (Å²) in [5.41, 5.74) is 8.93. The van der Waals surface area contributed by atoms with Gasteiger partial charge in [-0.2, -0.15) is 0 Å². The van der Waals surface area contributed by atoms with Gasteiger partial charge >= 0.3 is 5.97 Å². The van der Waals surface area contributed by atoms with E-state index in [1.807, 2.05) is 12.1 Å². The number of aromatic nitrogens is 2. The fourth-order valence-corrected chi connectivity index (χ4v) is 3.91. The number of hydrogen-bond donors (Lipinski definition) is 2. The summed E-state index contributed by atoms with van der Waals surface area (Å²) in [4.78, 5) is 16.9. The van der Waals surface area contributed by atoms with Crippen LogP contribution in [0.15, 0.2) is 40.4 Å². The highest BCUT2D eigenvalue weighted by Crippen LogP contribution is 2.22. The first-order valence-electron chi connectivity index (χ1n) is 9.82. The molecule has 0 bridgehead atoms. The van der Waals surface area contributed by atoms with E-state index < -0.39 is 11.3 Å². The van der Waals surface area contributed by atoms with Gasteiger partial charge in [0.15, 0.2) is 23.5 Å². The van der Waals surface area contributed by atoms with Gasteiger partial charge in [0.25, 0.3) is 5.82 Å². The van der Waals surface area contributed by atoms with Gasteiger partial charge < -0.3 is 10.5 Å². The van der Waals surface area contributed by atoms with Crippen molar-refractivity contribution >= 4 is 40.3 Å². The lowest BCUT2D eigenvalue weighted by Gasteiger charge is -2.16. The highest BCUT2D eigenvalue weighted by Gasteiger charge is 2.28. The fraction of sp³-hybridized carbons (Fsp3) is 0.429. The summed E-state index contributed by atoms with van der Waals surface area (Å²) in [5.74, 6) is 0.302. The van der Waals surface area contributed by atoms with Gasteiger partial charge in [0.2, 0.25) is 0 Å². The van der Waals surface area contributed by atoms with Crippen molar-refractivity contribution in [2.24, 2.45) is 10.7 Å². The molecule has 0 saturated carbocycles. The molecule has 0 radical (unpaired) electrons. The van der Waals surface area contributed by atoms with Gasteiger partial charge in [-0.3, -0.25) is 5.41 Å². The Hall–Kier alpha value is -2.67. The molecule has 0 spiro atoms. The van der Waals surface area contributed by atoms with Crippen LogP contribution in [0.1, 0.15) is 39.4 Å². The van der Waals surface area contributed by atoms with Crippen LogP contribution in [-0.2, 0) is 29.2 Å². The van der Waals surface area contributed by atoms with E-state index in [2.05, 4.69) is 40.1 Å². The van der Waals surface area contributed by atoms with E-state index in [4.69, 9.17) is 27.5 Å². The third kappa shape index (κ3) is 4.05. The number of nitrogens with two attached hydrogens (primary N) is 1. The predicted molar refractivity (Wildman–Crippen MR) is 114 cm³/mol. The van der Waals surface area contributed by atoms with Crippen molar-refractivity contribution in [1.29, 1.82) is 5.41 Å². The molecule has 0 amide bonds. The molecule has 1 aromatic heterocycles. The molecule has 1 aliphatic heterocycles. The van der Waals surface area contributed by atoms with E-state index in [-0.39, 0.29) is 23.9 Å². The summed E-state index contributed by atoms with van der Waals surface area (Å²) in [6.45, 7) is 7.56. The lowest BCUT2D eigenvalue weighted by Crippen LogP contribution is -2.37. The van der Waals surface area contributed by atoms with Crippen molar-refractivity contribution in [3.8, 4) is 0 Å². The predicted octanol–water partition coefficient (Wildman–Crippen LogP) is 3.06. The molecule has 0 fully saturated rings. The number of aryl methyl sites for hydroxylation is 2. The van der Waals surface area contributed by atoms with Gasteiger partial charge in [-0.1, -0.05) is 17.7 Å². The van der Waals surface area contributed by atoms with Crippen LogP contribution in [-0.4, -0.2) is 27.6 Å². The number of benzene rings is 1. The van der Waals surface area contributed by atoms with E-state index in [0.29, 0.717) is 12.8 Å². The highest BCUT2D eigenvalue weighted by atomic mass is 35.5. The zero-order valence-electron chi connectivity index (χ0n) is 17.0. The molecule has 1 aliphatic rings.